The monoisotopic (exact) mass is 298 g/mol. The highest BCUT2D eigenvalue weighted by molar-refractivity contribution is 7.99. The minimum atomic E-state index is 0.609. The molecule has 100 valence electrons. The van der Waals surface area contributed by atoms with E-state index in [-0.39, 0.29) is 0 Å². The van der Waals surface area contributed by atoms with E-state index < -0.39 is 0 Å². The standard InChI is InChI=1S/C16H14N2S2/c1-11-2-6-13(7-3-11)20-14-8-4-12(5-9-14)15-10-19-16(17)18-15/h2-10H,1H3,(H2,17,18). The Morgan fingerprint density at radius 3 is 2.10 bits per heavy atom. The van der Waals surface area contributed by atoms with Gasteiger partial charge in [-0.15, -0.1) is 11.3 Å². The van der Waals surface area contributed by atoms with Gasteiger partial charge >= 0.3 is 0 Å². The molecule has 0 atom stereocenters. The van der Waals surface area contributed by atoms with Crippen LogP contribution in [0.4, 0.5) is 5.13 Å². The van der Waals surface area contributed by atoms with Crippen LogP contribution >= 0.6 is 23.1 Å². The maximum absolute atomic E-state index is 5.66. The van der Waals surface area contributed by atoms with E-state index in [1.165, 1.54) is 26.7 Å². The number of hydrogen-bond donors (Lipinski definition) is 1. The summed E-state index contributed by atoms with van der Waals surface area (Å²) in [6, 6.07) is 17.0. The van der Waals surface area contributed by atoms with Crippen molar-refractivity contribution in [1.82, 2.24) is 4.98 Å². The highest BCUT2D eigenvalue weighted by Crippen LogP contribution is 2.30. The van der Waals surface area contributed by atoms with Crippen molar-refractivity contribution < 1.29 is 0 Å². The second-order valence-corrected chi connectivity index (χ2v) is 6.55. The van der Waals surface area contributed by atoms with Gasteiger partial charge in [0.25, 0.3) is 0 Å². The van der Waals surface area contributed by atoms with E-state index in [4.69, 9.17) is 5.73 Å². The van der Waals surface area contributed by atoms with Crippen molar-refractivity contribution in [2.24, 2.45) is 0 Å². The van der Waals surface area contributed by atoms with Gasteiger partial charge in [-0.3, -0.25) is 0 Å². The summed E-state index contributed by atoms with van der Waals surface area (Å²) in [5.74, 6) is 0. The third-order valence-corrected chi connectivity index (χ3v) is 4.62. The normalized spacial score (nSPS) is 10.7. The lowest BCUT2D eigenvalue weighted by Gasteiger charge is -2.03. The molecule has 1 heterocycles. The zero-order valence-corrected chi connectivity index (χ0v) is 12.7. The predicted molar refractivity (Wildman–Crippen MR) is 87.3 cm³/mol. The summed E-state index contributed by atoms with van der Waals surface area (Å²) in [5.41, 5.74) is 8.99. The Bertz CT molecular complexity index is 700. The summed E-state index contributed by atoms with van der Waals surface area (Å²) < 4.78 is 0. The second-order valence-electron chi connectivity index (χ2n) is 4.51. The molecule has 0 unspecified atom stereocenters. The molecular weight excluding hydrogens is 284 g/mol. The first-order valence-electron chi connectivity index (χ1n) is 6.27. The van der Waals surface area contributed by atoms with Gasteiger partial charge in [0, 0.05) is 20.7 Å². The number of rotatable bonds is 3. The Hall–Kier alpha value is -1.78. The van der Waals surface area contributed by atoms with E-state index in [0.717, 1.165) is 11.3 Å². The molecule has 0 fully saturated rings. The maximum atomic E-state index is 5.66. The fourth-order valence-electron chi connectivity index (χ4n) is 1.86. The molecule has 0 saturated heterocycles. The number of hydrogen-bond acceptors (Lipinski definition) is 4. The molecule has 2 nitrogen and oxygen atoms in total. The van der Waals surface area contributed by atoms with Gasteiger partial charge < -0.3 is 5.73 Å². The van der Waals surface area contributed by atoms with E-state index in [1.54, 1.807) is 11.8 Å². The van der Waals surface area contributed by atoms with Crippen molar-refractivity contribution in [2.45, 2.75) is 16.7 Å². The van der Waals surface area contributed by atoms with E-state index >= 15 is 0 Å². The fourth-order valence-corrected chi connectivity index (χ4v) is 3.25. The van der Waals surface area contributed by atoms with Crippen LogP contribution in [0.1, 0.15) is 5.56 Å². The van der Waals surface area contributed by atoms with Crippen LogP contribution in [0, 0.1) is 6.92 Å². The van der Waals surface area contributed by atoms with Crippen molar-refractivity contribution in [3.63, 3.8) is 0 Å². The summed E-state index contributed by atoms with van der Waals surface area (Å²) >= 11 is 3.23. The number of nitrogens with zero attached hydrogens (tertiary/aromatic N) is 1. The van der Waals surface area contributed by atoms with Crippen LogP contribution in [-0.2, 0) is 0 Å². The lowest BCUT2D eigenvalue weighted by molar-refractivity contribution is 1.35. The number of benzene rings is 2. The molecule has 0 spiro atoms. The van der Waals surface area contributed by atoms with Gasteiger partial charge in [0.05, 0.1) is 5.69 Å². The van der Waals surface area contributed by atoms with Gasteiger partial charge in [0.1, 0.15) is 0 Å². The van der Waals surface area contributed by atoms with Gasteiger partial charge in [0.2, 0.25) is 0 Å². The van der Waals surface area contributed by atoms with Gasteiger partial charge in [-0.05, 0) is 31.2 Å². The first kappa shape index (κ1) is 13.2. The molecule has 0 aliphatic carbocycles. The number of thiazole rings is 1. The summed E-state index contributed by atoms with van der Waals surface area (Å²) in [6.45, 7) is 2.10. The predicted octanol–water partition coefficient (Wildman–Crippen LogP) is 4.85. The largest absolute Gasteiger partial charge is 0.375 e. The molecule has 2 N–H and O–H groups in total. The first-order chi connectivity index (χ1) is 9.70. The number of aryl methyl sites for hydroxylation is 1. The molecule has 20 heavy (non-hydrogen) atoms. The topological polar surface area (TPSA) is 38.9 Å². The molecule has 0 saturated carbocycles. The summed E-state index contributed by atoms with van der Waals surface area (Å²) in [7, 11) is 0. The van der Waals surface area contributed by atoms with Crippen molar-refractivity contribution in [3.8, 4) is 11.3 Å². The van der Waals surface area contributed by atoms with E-state index in [9.17, 15) is 0 Å². The van der Waals surface area contributed by atoms with Crippen LogP contribution in [0.2, 0.25) is 0 Å². The van der Waals surface area contributed by atoms with E-state index in [1.807, 2.05) is 5.38 Å². The van der Waals surface area contributed by atoms with Crippen LogP contribution in [0.5, 0.6) is 0 Å². The second kappa shape index (κ2) is 5.69. The van der Waals surface area contributed by atoms with Gasteiger partial charge in [-0.2, -0.15) is 0 Å². The summed E-state index contributed by atoms with van der Waals surface area (Å²) in [5, 5.41) is 2.59. The molecule has 0 amide bonds. The van der Waals surface area contributed by atoms with Crippen LogP contribution < -0.4 is 5.73 Å². The van der Waals surface area contributed by atoms with E-state index in [2.05, 4.69) is 60.4 Å². The lowest BCUT2D eigenvalue weighted by atomic mass is 10.2. The van der Waals surface area contributed by atoms with Crippen molar-refractivity contribution in [2.75, 3.05) is 5.73 Å². The molecule has 0 aliphatic heterocycles. The van der Waals surface area contributed by atoms with Gasteiger partial charge in [-0.25, -0.2) is 4.98 Å². The smallest absolute Gasteiger partial charge is 0.180 e. The van der Waals surface area contributed by atoms with E-state index in [0.29, 0.717) is 5.13 Å². The lowest BCUT2D eigenvalue weighted by Crippen LogP contribution is -1.83. The quantitative estimate of drug-likeness (QED) is 0.751. The Kier molecular flexibility index (Phi) is 3.76. The summed E-state index contributed by atoms with van der Waals surface area (Å²) in [6.07, 6.45) is 0. The molecule has 0 radical (unpaired) electrons. The van der Waals surface area contributed by atoms with Gasteiger partial charge in [0.15, 0.2) is 5.13 Å². The average molecular weight is 298 g/mol. The Morgan fingerprint density at radius 2 is 1.55 bits per heavy atom. The summed E-state index contributed by atoms with van der Waals surface area (Å²) in [4.78, 5) is 6.77. The van der Waals surface area contributed by atoms with Gasteiger partial charge in [-0.1, -0.05) is 41.6 Å². The molecular formula is C16H14N2S2. The Balaban J connectivity index is 1.77. The number of anilines is 1. The number of nitrogen functional groups attached to an aromatic ring is 1. The maximum Gasteiger partial charge on any atom is 0.180 e. The average Bonchev–Trinajstić information content (AvgIpc) is 2.89. The molecule has 1 aromatic heterocycles. The minimum Gasteiger partial charge on any atom is -0.375 e. The number of aromatic nitrogens is 1. The highest BCUT2D eigenvalue weighted by atomic mass is 32.2. The first-order valence-corrected chi connectivity index (χ1v) is 7.96. The molecule has 2 aromatic carbocycles. The highest BCUT2D eigenvalue weighted by Gasteiger charge is 2.03. The Morgan fingerprint density at radius 1 is 0.950 bits per heavy atom. The third-order valence-electron chi connectivity index (χ3n) is 2.93. The Labute approximate surface area is 126 Å². The van der Waals surface area contributed by atoms with Crippen molar-refractivity contribution in [3.05, 3.63) is 59.5 Å². The molecule has 0 bridgehead atoms. The van der Waals surface area contributed by atoms with Crippen LogP contribution in [-0.4, -0.2) is 4.98 Å². The molecule has 4 heteroatoms. The fraction of sp³-hybridized carbons (Fsp3) is 0.0625. The minimum absolute atomic E-state index is 0.609. The number of nitrogens with two attached hydrogens (primary N) is 1. The van der Waals surface area contributed by atoms with Crippen LogP contribution in [0.15, 0.2) is 63.7 Å². The van der Waals surface area contributed by atoms with Crippen LogP contribution in [0.3, 0.4) is 0 Å². The molecule has 3 rings (SSSR count). The van der Waals surface area contributed by atoms with Crippen LogP contribution in [0.25, 0.3) is 11.3 Å². The third kappa shape index (κ3) is 3.03. The SMILES string of the molecule is Cc1ccc(Sc2ccc(-c3csc(N)n3)cc2)cc1. The van der Waals surface area contributed by atoms with Crippen molar-refractivity contribution >= 4 is 28.2 Å². The molecule has 0 aliphatic rings. The van der Waals surface area contributed by atoms with Crippen molar-refractivity contribution in [1.29, 1.82) is 0 Å². The zero-order chi connectivity index (χ0) is 13.9. The molecule has 3 aromatic rings. The zero-order valence-electron chi connectivity index (χ0n) is 11.0.